The van der Waals surface area contributed by atoms with Crippen molar-refractivity contribution in [3.8, 4) is 0 Å². The van der Waals surface area contributed by atoms with Gasteiger partial charge in [-0.15, -0.1) is 0 Å². The fourth-order valence-electron chi connectivity index (χ4n) is 1.92. The number of allylic oxidation sites excluding steroid dienone is 2. The van der Waals surface area contributed by atoms with Crippen LogP contribution in [0.15, 0.2) is 41.0 Å². The van der Waals surface area contributed by atoms with E-state index in [0.29, 0.717) is 0 Å². The highest BCUT2D eigenvalue weighted by Crippen LogP contribution is 2.30. The van der Waals surface area contributed by atoms with Gasteiger partial charge >= 0.3 is 0 Å². The zero-order valence-corrected chi connectivity index (χ0v) is 10.6. The zero-order chi connectivity index (χ0) is 12.5. The van der Waals surface area contributed by atoms with E-state index < -0.39 is 0 Å². The van der Waals surface area contributed by atoms with Gasteiger partial charge in [-0.25, -0.2) is 4.39 Å². The van der Waals surface area contributed by atoms with Gasteiger partial charge in [0.1, 0.15) is 5.82 Å². The van der Waals surface area contributed by atoms with Gasteiger partial charge in [-0.3, -0.25) is 4.99 Å². The SMILES string of the molecule is CC(C)(C)C1=CCCC(c2ccc(F)cc2)=N1. The summed E-state index contributed by atoms with van der Waals surface area (Å²) in [5.41, 5.74) is 3.30. The molecule has 0 atom stereocenters. The third kappa shape index (κ3) is 2.82. The molecule has 2 heteroatoms. The molecule has 0 aliphatic carbocycles. The van der Waals surface area contributed by atoms with Gasteiger partial charge in [0.05, 0.1) is 0 Å². The Hall–Kier alpha value is -1.44. The molecule has 1 heterocycles. The van der Waals surface area contributed by atoms with Gasteiger partial charge in [-0.1, -0.05) is 39.0 Å². The molecule has 0 saturated carbocycles. The molecule has 17 heavy (non-hydrogen) atoms. The molecular formula is C15H18FN. The average Bonchev–Trinajstić information content (AvgIpc) is 2.29. The molecule has 90 valence electrons. The summed E-state index contributed by atoms with van der Waals surface area (Å²) < 4.78 is 12.9. The highest BCUT2D eigenvalue weighted by molar-refractivity contribution is 6.01. The molecule has 0 bridgehead atoms. The number of rotatable bonds is 1. The molecule has 0 unspecified atom stereocenters. The third-order valence-electron chi connectivity index (χ3n) is 2.92. The lowest BCUT2D eigenvalue weighted by molar-refractivity contribution is 0.493. The van der Waals surface area contributed by atoms with Crippen LogP contribution in [0, 0.1) is 11.2 Å². The van der Waals surface area contributed by atoms with Crippen LogP contribution in [-0.4, -0.2) is 5.71 Å². The molecule has 0 spiro atoms. The van der Waals surface area contributed by atoms with Gasteiger partial charge in [0, 0.05) is 16.8 Å². The molecule has 0 fully saturated rings. The first-order chi connectivity index (χ1) is 7.97. The Bertz CT molecular complexity index is 461. The van der Waals surface area contributed by atoms with E-state index in [1.54, 1.807) is 12.1 Å². The van der Waals surface area contributed by atoms with Gasteiger partial charge in [0.15, 0.2) is 0 Å². The van der Waals surface area contributed by atoms with E-state index >= 15 is 0 Å². The van der Waals surface area contributed by atoms with Crippen LogP contribution in [0.5, 0.6) is 0 Å². The van der Waals surface area contributed by atoms with Crippen LogP contribution < -0.4 is 0 Å². The predicted molar refractivity (Wildman–Crippen MR) is 69.7 cm³/mol. The number of benzene rings is 1. The summed E-state index contributed by atoms with van der Waals surface area (Å²) in [6.07, 6.45) is 4.15. The number of halogens is 1. The molecule has 1 aromatic rings. The van der Waals surface area contributed by atoms with E-state index in [1.165, 1.54) is 12.1 Å². The van der Waals surface area contributed by atoms with Crippen LogP contribution in [0.3, 0.4) is 0 Å². The van der Waals surface area contributed by atoms with Crippen molar-refractivity contribution in [2.45, 2.75) is 33.6 Å². The largest absolute Gasteiger partial charge is 0.257 e. The van der Waals surface area contributed by atoms with E-state index in [-0.39, 0.29) is 11.2 Å². The van der Waals surface area contributed by atoms with Crippen molar-refractivity contribution in [3.63, 3.8) is 0 Å². The van der Waals surface area contributed by atoms with E-state index in [0.717, 1.165) is 29.8 Å². The van der Waals surface area contributed by atoms with Crippen LogP contribution >= 0.6 is 0 Å². The molecule has 1 aliphatic heterocycles. The summed E-state index contributed by atoms with van der Waals surface area (Å²) >= 11 is 0. The van der Waals surface area contributed by atoms with Crippen molar-refractivity contribution in [2.75, 3.05) is 0 Å². The van der Waals surface area contributed by atoms with Crippen LogP contribution in [0.25, 0.3) is 0 Å². The number of hydrogen-bond donors (Lipinski definition) is 0. The van der Waals surface area contributed by atoms with E-state index in [4.69, 9.17) is 4.99 Å². The lowest BCUT2D eigenvalue weighted by Gasteiger charge is -2.23. The van der Waals surface area contributed by atoms with Crippen molar-refractivity contribution in [3.05, 3.63) is 47.4 Å². The first-order valence-corrected chi connectivity index (χ1v) is 6.01. The van der Waals surface area contributed by atoms with E-state index in [1.807, 2.05) is 0 Å². The quantitative estimate of drug-likeness (QED) is 0.681. The Morgan fingerprint density at radius 2 is 1.76 bits per heavy atom. The smallest absolute Gasteiger partial charge is 0.123 e. The van der Waals surface area contributed by atoms with Crippen molar-refractivity contribution >= 4 is 5.71 Å². The second-order valence-electron chi connectivity index (χ2n) is 5.44. The van der Waals surface area contributed by atoms with Gasteiger partial charge in [-0.2, -0.15) is 0 Å². The Labute approximate surface area is 102 Å². The highest BCUT2D eigenvalue weighted by Gasteiger charge is 2.20. The Kier molecular flexibility index (Phi) is 3.14. The summed E-state index contributed by atoms with van der Waals surface area (Å²) in [5, 5.41) is 0. The van der Waals surface area contributed by atoms with E-state index in [2.05, 4.69) is 26.8 Å². The highest BCUT2D eigenvalue weighted by atomic mass is 19.1. The first kappa shape index (κ1) is 12.0. The Morgan fingerprint density at radius 1 is 1.12 bits per heavy atom. The second kappa shape index (κ2) is 4.44. The first-order valence-electron chi connectivity index (χ1n) is 6.01. The molecule has 0 saturated heterocycles. The fourth-order valence-corrected chi connectivity index (χ4v) is 1.92. The van der Waals surface area contributed by atoms with Crippen molar-refractivity contribution < 1.29 is 4.39 Å². The maximum absolute atomic E-state index is 12.9. The monoisotopic (exact) mass is 231 g/mol. The van der Waals surface area contributed by atoms with Crippen molar-refractivity contribution in [2.24, 2.45) is 10.4 Å². The maximum atomic E-state index is 12.9. The van der Waals surface area contributed by atoms with Crippen LogP contribution in [0.1, 0.15) is 39.2 Å². The Balaban J connectivity index is 2.31. The standard InChI is InChI=1S/C15H18FN/c1-15(2,3)14-6-4-5-13(17-14)11-7-9-12(16)10-8-11/h6-10H,4-5H2,1-3H3. The summed E-state index contributed by atoms with van der Waals surface area (Å²) in [4.78, 5) is 4.71. The fraction of sp³-hybridized carbons (Fsp3) is 0.400. The van der Waals surface area contributed by atoms with Crippen molar-refractivity contribution in [1.82, 2.24) is 0 Å². The summed E-state index contributed by atoms with van der Waals surface area (Å²) in [6.45, 7) is 6.49. The maximum Gasteiger partial charge on any atom is 0.123 e. The average molecular weight is 231 g/mol. The minimum Gasteiger partial charge on any atom is -0.257 e. The number of nitrogens with zero attached hydrogens (tertiary/aromatic N) is 1. The molecule has 0 N–H and O–H groups in total. The van der Waals surface area contributed by atoms with Crippen LogP contribution in [0.2, 0.25) is 0 Å². The molecule has 0 amide bonds. The van der Waals surface area contributed by atoms with Gasteiger partial charge in [0.2, 0.25) is 0 Å². The Morgan fingerprint density at radius 3 is 2.35 bits per heavy atom. The molecule has 0 aromatic heterocycles. The topological polar surface area (TPSA) is 12.4 Å². The predicted octanol–water partition coefficient (Wildman–Crippen LogP) is 4.34. The van der Waals surface area contributed by atoms with Crippen molar-refractivity contribution in [1.29, 1.82) is 0 Å². The lowest BCUT2D eigenvalue weighted by atomic mass is 9.89. The van der Waals surface area contributed by atoms with E-state index in [9.17, 15) is 4.39 Å². The van der Waals surface area contributed by atoms with Gasteiger partial charge in [0.25, 0.3) is 0 Å². The normalized spacial score (nSPS) is 16.5. The van der Waals surface area contributed by atoms with Gasteiger partial charge < -0.3 is 0 Å². The van der Waals surface area contributed by atoms with Gasteiger partial charge in [-0.05, 0) is 30.5 Å². The summed E-state index contributed by atoms with van der Waals surface area (Å²) in [7, 11) is 0. The molecule has 1 nitrogen and oxygen atoms in total. The molecule has 2 rings (SSSR count). The zero-order valence-electron chi connectivity index (χ0n) is 10.6. The number of hydrogen-bond acceptors (Lipinski definition) is 1. The van der Waals surface area contributed by atoms with Crippen LogP contribution in [-0.2, 0) is 0 Å². The van der Waals surface area contributed by atoms with Crippen LogP contribution in [0.4, 0.5) is 4.39 Å². The second-order valence-corrected chi connectivity index (χ2v) is 5.44. The minimum absolute atomic E-state index is 0.0751. The molecular weight excluding hydrogens is 213 g/mol. The summed E-state index contributed by atoms with van der Waals surface area (Å²) in [5.74, 6) is -0.197. The lowest BCUT2D eigenvalue weighted by Crippen LogP contribution is -2.14. The molecule has 1 aromatic carbocycles. The summed E-state index contributed by atoms with van der Waals surface area (Å²) in [6, 6.07) is 6.60. The molecule has 0 radical (unpaired) electrons. The minimum atomic E-state index is -0.197. The molecule has 1 aliphatic rings. The number of aliphatic imine (C=N–C) groups is 1. The third-order valence-corrected chi connectivity index (χ3v) is 2.92.